The Labute approximate surface area is 87.7 Å². The monoisotopic (exact) mass is 203 g/mol. The van der Waals surface area contributed by atoms with Crippen LogP contribution < -0.4 is 0 Å². The van der Waals surface area contributed by atoms with Crippen molar-refractivity contribution in [1.29, 1.82) is 0 Å². The molecule has 2 aromatic heterocycles. The standard InChI is InChI=1S/C10H13N5/c1-14-6-10(12-13-14)7-15-5-9(4-11-15)8-2-3-8/h4-6,8H,2-3,7H2,1H3. The van der Waals surface area contributed by atoms with Crippen LogP contribution in [0.5, 0.6) is 0 Å². The third-order valence-electron chi connectivity index (χ3n) is 2.68. The first-order chi connectivity index (χ1) is 7.31. The van der Waals surface area contributed by atoms with Crippen molar-refractivity contribution in [2.75, 3.05) is 0 Å². The zero-order chi connectivity index (χ0) is 10.3. The average molecular weight is 203 g/mol. The quantitative estimate of drug-likeness (QED) is 0.745. The van der Waals surface area contributed by atoms with Gasteiger partial charge in [0.25, 0.3) is 0 Å². The van der Waals surface area contributed by atoms with E-state index in [4.69, 9.17) is 0 Å². The van der Waals surface area contributed by atoms with Crippen molar-refractivity contribution in [1.82, 2.24) is 24.8 Å². The summed E-state index contributed by atoms with van der Waals surface area (Å²) in [5.41, 5.74) is 2.31. The van der Waals surface area contributed by atoms with Crippen molar-refractivity contribution in [3.8, 4) is 0 Å². The van der Waals surface area contributed by atoms with Gasteiger partial charge in [0.2, 0.25) is 0 Å². The Morgan fingerprint density at radius 2 is 2.27 bits per heavy atom. The number of nitrogens with zero attached hydrogens (tertiary/aromatic N) is 5. The van der Waals surface area contributed by atoms with Crippen molar-refractivity contribution in [2.45, 2.75) is 25.3 Å². The Kier molecular flexibility index (Phi) is 1.83. The SMILES string of the molecule is Cn1cc(Cn2cc(C3CC3)cn2)nn1. The average Bonchev–Trinajstić information content (AvgIpc) is 2.84. The highest BCUT2D eigenvalue weighted by molar-refractivity contribution is 5.17. The van der Waals surface area contributed by atoms with Crippen LogP contribution in [0.15, 0.2) is 18.6 Å². The Morgan fingerprint density at radius 1 is 1.40 bits per heavy atom. The Morgan fingerprint density at radius 3 is 2.93 bits per heavy atom. The normalized spacial score (nSPS) is 15.8. The topological polar surface area (TPSA) is 48.5 Å². The summed E-state index contributed by atoms with van der Waals surface area (Å²) in [4.78, 5) is 0. The molecule has 1 aliphatic rings. The van der Waals surface area contributed by atoms with Gasteiger partial charge in [-0.3, -0.25) is 9.36 Å². The van der Waals surface area contributed by atoms with Gasteiger partial charge in [-0.15, -0.1) is 5.10 Å². The summed E-state index contributed by atoms with van der Waals surface area (Å²) < 4.78 is 3.64. The maximum atomic E-state index is 4.32. The predicted octanol–water partition coefficient (Wildman–Crippen LogP) is 0.937. The Hall–Kier alpha value is -1.65. The molecular formula is C10H13N5. The number of aromatic nitrogens is 5. The summed E-state index contributed by atoms with van der Waals surface area (Å²) >= 11 is 0. The van der Waals surface area contributed by atoms with E-state index < -0.39 is 0 Å². The summed E-state index contributed by atoms with van der Waals surface area (Å²) in [6.07, 6.45) is 8.63. The van der Waals surface area contributed by atoms with E-state index in [0.29, 0.717) is 6.54 Å². The van der Waals surface area contributed by atoms with Gasteiger partial charge in [0.05, 0.1) is 12.7 Å². The second-order valence-corrected chi connectivity index (χ2v) is 4.13. The molecule has 1 saturated carbocycles. The highest BCUT2D eigenvalue weighted by atomic mass is 15.4. The Bertz CT molecular complexity index is 466. The number of aryl methyl sites for hydroxylation is 1. The van der Waals surface area contributed by atoms with E-state index in [1.165, 1.54) is 18.4 Å². The molecule has 0 aromatic carbocycles. The summed E-state index contributed by atoms with van der Waals surface area (Å²) in [5.74, 6) is 0.764. The van der Waals surface area contributed by atoms with Gasteiger partial charge in [-0.2, -0.15) is 5.10 Å². The summed E-state index contributed by atoms with van der Waals surface area (Å²) in [5, 5.41) is 12.2. The van der Waals surface area contributed by atoms with E-state index in [0.717, 1.165) is 11.6 Å². The molecule has 78 valence electrons. The smallest absolute Gasteiger partial charge is 0.104 e. The number of hydrogen-bond acceptors (Lipinski definition) is 3. The molecule has 0 radical (unpaired) electrons. The van der Waals surface area contributed by atoms with Crippen LogP contribution in [0.1, 0.15) is 30.0 Å². The molecular weight excluding hydrogens is 190 g/mol. The van der Waals surface area contributed by atoms with Gasteiger partial charge in [-0.25, -0.2) is 0 Å². The molecule has 2 heterocycles. The van der Waals surface area contributed by atoms with Gasteiger partial charge in [-0.1, -0.05) is 5.21 Å². The molecule has 5 heteroatoms. The number of rotatable bonds is 3. The first-order valence-electron chi connectivity index (χ1n) is 5.19. The first kappa shape index (κ1) is 8.64. The molecule has 1 fully saturated rings. The van der Waals surface area contributed by atoms with Gasteiger partial charge >= 0.3 is 0 Å². The second-order valence-electron chi connectivity index (χ2n) is 4.13. The highest BCUT2D eigenvalue weighted by Crippen LogP contribution is 2.39. The lowest BCUT2D eigenvalue weighted by Crippen LogP contribution is -2.00. The molecule has 15 heavy (non-hydrogen) atoms. The van der Waals surface area contributed by atoms with E-state index >= 15 is 0 Å². The van der Waals surface area contributed by atoms with Gasteiger partial charge in [0, 0.05) is 19.4 Å². The van der Waals surface area contributed by atoms with Crippen LogP contribution in [-0.4, -0.2) is 24.8 Å². The van der Waals surface area contributed by atoms with Gasteiger partial charge in [-0.05, 0) is 24.3 Å². The second kappa shape index (κ2) is 3.18. The fraction of sp³-hybridized carbons (Fsp3) is 0.500. The fourth-order valence-electron chi connectivity index (χ4n) is 1.73. The van der Waals surface area contributed by atoms with Crippen molar-refractivity contribution >= 4 is 0 Å². The largest absolute Gasteiger partial charge is 0.266 e. The Balaban J connectivity index is 1.75. The van der Waals surface area contributed by atoms with Gasteiger partial charge in [0.15, 0.2) is 0 Å². The van der Waals surface area contributed by atoms with E-state index in [1.54, 1.807) is 4.68 Å². The molecule has 0 aliphatic heterocycles. The summed E-state index contributed by atoms with van der Waals surface area (Å²) in [7, 11) is 1.87. The highest BCUT2D eigenvalue weighted by Gasteiger charge is 2.24. The maximum Gasteiger partial charge on any atom is 0.104 e. The fourth-order valence-corrected chi connectivity index (χ4v) is 1.73. The van der Waals surface area contributed by atoms with Crippen molar-refractivity contribution in [3.63, 3.8) is 0 Å². The van der Waals surface area contributed by atoms with Crippen LogP contribution >= 0.6 is 0 Å². The molecule has 0 unspecified atom stereocenters. The zero-order valence-electron chi connectivity index (χ0n) is 8.67. The predicted molar refractivity (Wildman–Crippen MR) is 54.3 cm³/mol. The number of hydrogen-bond donors (Lipinski definition) is 0. The summed E-state index contributed by atoms with van der Waals surface area (Å²) in [6.45, 7) is 0.709. The van der Waals surface area contributed by atoms with E-state index in [-0.39, 0.29) is 0 Å². The molecule has 2 aromatic rings. The lowest BCUT2D eigenvalue weighted by atomic mass is 10.2. The van der Waals surface area contributed by atoms with Gasteiger partial charge in [0.1, 0.15) is 5.69 Å². The van der Waals surface area contributed by atoms with Crippen LogP contribution in [0, 0.1) is 0 Å². The van der Waals surface area contributed by atoms with Gasteiger partial charge < -0.3 is 0 Å². The molecule has 0 spiro atoms. The van der Waals surface area contributed by atoms with Crippen LogP contribution in [-0.2, 0) is 13.6 Å². The minimum Gasteiger partial charge on any atom is -0.266 e. The third kappa shape index (κ3) is 1.77. The third-order valence-corrected chi connectivity index (χ3v) is 2.68. The van der Waals surface area contributed by atoms with Crippen LogP contribution in [0.25, 0.3) is 0 Å². The molecule has 0 saturated heterocycles. The molecule has 0 N–H and O–H groups in total. The van der Waals surface area contributed by atoms with Crippen LogP contribution in [0.4, 0.5) is 0 Å². The molecule has 1 aliphatic carbocycles. The van der Waals surface area contributed by atoms with Crippen molar-refractivity contribution in [3.05, 3.63) is 29.8 Å². The lowest BCUT2D eigenvalue weighted by Gasteiger charge is -1.95. The maximum absolute atomic E-state index is 4.32. The minimum atomic E-state index is 0.709. The molecule has 5 nitrogen and oxygen atoms in total. The van der Waals surface area contributed by atoms with Crippen molar-refractivity contribution < 1.29 is 0 Å². The lowest BCUT2D eigenvalue weighted by molar-refractivity contribution is 0.667. The van der Waals surface area contributed by atoms with Crippen molar-refractivity contribution in [2.24, 2.45) is 7.05 Å². The molecule has 0 atom stereocenters. The molecule has 0 amide bonds. The minimum absolute atomic E-state index is 0.709. The summed E-state index contributed by atoms with van der Waals surface area (Å²) in [6, 6.07) is 0. The van der Waals surface area contributed by atoms with E-state index in [1.807, 2.05) is 24.1 Å². The first-order valence-corrected chi connectivity index (χ1v) is 5.19. The zero-order valence-corrected chi connectivity index (χ0v) is 8.67. The molecule has 0 bridgehead atoms. The van der Waals surface area contributed by atoms with Crippen LogP contribution in [0.3, 0.4) is 0 Å². The van der Waals surface area contributed by atoms with Crippen LogP contribution in [0.2, 0.25) is 0 Å². The molecule has 3 rings (SSSR count). The van der Waals surface area contributed by atoms with E-state index in [9.17, 15) is 0 Å². The van der Waals surface area contributed by atoms with E-state index in [2.05, 4.69) is 21.6 Å².